The zero-order valence-electron chi connectivity index (χ0n) is 12.7. The predicted octanol–water partition coefficient (Wildman–Crippen LogP) is 4.67. The van der Waals surface area contributed by atoms with Crippen molar-refractivity contribution in [3.8, 4) is 0 Å². The summed E-state index contributed by atoms with van der Waals surface area (Å²) in [7, 11) is 3.68. The molecule has 0 heterocycles. The van der Waals surface area contributed by atoms with Crippen LogP contribution in [0.15, 0.2) is 60.7 Å². The van der Waals surface area contributed by atoms with Gasteiger partial charge in [0.15, 0.2) is 0 Å². The van der Waals surface area contributed by atoms with E-state index in [0.717, 1.165) is 14.2 Å². The molecule has 1 aliphatic rings. The van der Waals surface area contributed by atoms with E-state index in [2.05, 4.69) is 69.9 Å². The molecule has 3 N–H and O–H groups in total. The van der Waals surface area contributed by atoms with E-state index < -0.39 is 0 Å². The maximum absolute atomic E-state index is 2.91. The largest absolute Gasteiger partial charge is 0.344 e. The summed E-state index contributed by atoms with van der Waals surface area (Å²) in [5, 5.41) is 2.79. The minimum absolute atomic E-state index is 0. The molecule has 1 unspecified atom stereocenters. The molecular formula is C18H27NP2. The second-order valence-electron chi connectivity index (χ2n) is 5.26. The first kappa shape index (κ1) is 18.3. The Morgan fingerprint density at radius 2 is 1.14 bits per heavy atom. The molecule has 114 valence electrons. The van der Waals surface area contributed by atoms with Gasteiger partial charge < -0.3 is 6.15 Å². The molecule has 2 aromatic carbocycles. The third-order valence-electron chi connectivity index (χ3n) is 3.49. The van der Waals surface area contributed by atoms with Crippen molar-refractivity contribution >= 4 is 28.4 Å². The first-order valence-electron chi connectivity index (χ1n) is 7.47. The van der Waals surface area contributed by atoms with Crippen molar-refractivity contribution in [3.63, 3.8) is 0 Å². The van der Waals surface area contributed by atoms with Crippen LogP contribution in [0.5, 0.6) is 0 Å². The monoisotopic (exact) mass is 319 g/mol. The summed E-state index contributed by atoms with van der Waals surface area (Å²) in [6, 6.07) is 21.2. The number of rotatable bonds is 2. The van der Waals surface area contributed by atoms with Crippen molar-refractivity contribution in [2.24, 2.45) is 0 Å². The van der Waals surface area contributed by atoms with E-state index in [1.807, 2.05) is 0 Å². The van der Waals surface area contributed by atoms with Gasteiger partial charge in [0.25, 0.3) is 0 Å². The van der Waals surface area contributed by atoms with Gasteiger partial charge in [0.1, 0.15) is 0 Å². The molecule has 1 nitrogen and oxygen atoms in total. The average molecular weight is 319 g/mol. The smallest absolute Gasteiger partial charge is 0.0226 e. The van der Waals surface area contributed by atoms with Crippen LogP contribution in [0.2, 0.25) is 0 Å². The third-order valence-corrected chi connectivity index (χ3v) is 5.40. The first-order chi connectivity index (χ1) is 9.84. The molecule has 3 heteroatoms. The van der Waals surface area contributed by atoms with Gasteiger partial charge in [-0.15, -0.1) is 9.24 Å². The van der Waals surface area contributed by atoms with E-state index in [1.165, 1.54) is 42.7 Å². The Morgan fingerprint density at radius 3 is 1.48 bits per heavy atom. The number of hydrogen-bond donors (Lipinski definition) is 1. The SMILES string of the molecule is N.PC1CCCCC1.c1ccc(Pc2ccccc2)cc1. The zero-order valence-corrected chi connectivity index (χ0v) is 14.8. The second kappa shape index (κ2) is 10.9. The Labute approximate surface area is 133 Å². The van der Waals surface area contributed by atoms with Gasteiger partial charge in [-0.2, -0.15) is 0 Å². The molecule has 1 fully saturated rings. The molecule has 0 spiro atoms. The Bertz CT molecular complexity index is 430. The molecule has 0 aromatic heterocycles. The van der Waals surface area contributed by atoms with Crippen LogP contribution in [0.3, 0.4) is 0 Å². The predicted molar refractivity (Wildman–Crippen MR) is 102 cm³/mol. The summed E-state index contributed by atoms with van der Waals surface area (Å²) in [5.41, 5.74) is 0.953. The molecule has 0 saturated heterocycles. The highest BCUT2D eigenvalue weighted by molar-refractivity contribution is 7.55. The first-order valence-corrected chi connectivity index (χ1v) is 9.14. The van der Waals surface area contributed by atoms with E-state index in [1.54, 1.807) is 0 Å². The summed E-state index contributed by atoms with van der Waals surface area (Å²) < 4.78 is 0. The quantitative estimate of drug-likeness (QED) is 0.802. The van der Waals surface area contributed by atoms with Crippen LogP contribution in [0.25, 0.3) is 0 Å². The van der Waals surface area contributed by atoms with E-state index in [0.29, 0.717) is 0 Å². The van der Waals surface area contributed by atoms with E-state index in [-0.39, 0.29) is 6.15 Å². The molecule has 1 atom stereocenters. The highest BCUT2D eigenvalue weighted by Crippen LogP contribution is 2.23. The van der Waals surface area contributed by atoms with Gasteiger partial charge >= 0.3 is 0 Å². The van der Waals surface area contributed by atoms with Gasteiger partial charge in [0.2, 0.25) is 0 Å². The van der Waals surface area contributed by atoms with E-state index in [4.69, 9.17) is 0 Å². The normalized spacial score (nSPS) is 14.5. The summed E-state index contributed by atoms with van der Waals surface area (Å²) in [4.78, 5) is 0. The Hall–Kier alpha value is -0.740. The summed E-state index contributed by atoms with van der Waals surface area (Å²) in [5.74, 6) is 0. The Kier molecular flexibility index (Phi) is 9.51. The lowest BCUT2D eigenvalue weighted by Gasteiger charge is -2.15. The summed E-state index contributed by atoms with van der Waals surface area (Å²) in [6.45, 7) is 0. The van der Waals surface area contributed by atoms with Crippen molar-refractivity contribution in [1.82, 2.24) is 6.15 Å². The van der Waals surface area contributed by atoms with Gasteiger partial charge in [-0.05, 0) is 29.1 Å². The van der Waals surface area contributed by atoms with Crippen molar-refractivity contribution < 1.29 is 0 Å². The fourth-order valence-electron chi connectivity index (χ4n) is 2.34. The van der Waals surface area contributed by atoms with Crippen LogP contribution in [0, 0.1) is 0 Å². The highest BCUT2D eigenvalue weighted by Gasteiger charge is 2.06. The second-order valence-corrected chi connectivity index (χ2v) is 7.60. The fraction of sp³-hybridized carbons (Fsp3) is 0.333. The minimum Gasteiger partial charge on any atom is -0.344 e. The standard InChI is InChI=1S/C12H11P.C6H13P.H3N/c1-3-7-11(8-4-1)13-12-9-5-2-6-10-12;7-6-4-2-1-3-5-6;/h1-10,13H;6H,1-5,7H2;1H3. The van der Waals surface area contributed by atoms with Gasteiger partial charge in [-0.25, -0.2) is 0 Å². The molecule has 1 aliphatic carbocycles. The lowest BCUT2D eigenvalue weighted by molar-refractivity contribution is 0.516. The van der Waals surface area contributed by atoms with Crippen LogP contribution in [0.1, 0.15) is 32.1 Å². The molecule has 0 radical (unpaired) electrons. The van der Waals surface area contributed by atoms with Gasteiger partial charge in [-0.1, -0.05) is 88.5 Å². The Balaban J connectivity index is 0.000000236. The molecule has 0 aliphatic heterocycles. The zero-order chi connectivity index (χ0) is 14.0. The van der Waals surface area contributed by atoms with Crippen molar-refractivity contribution in [3.05, 3.63) is 60.7 Å². The number of benzene rings is 2. The van der Waals surface area contributed by atoms with Crippen molar-refractivity contribution in [2.75, 3.05) is 0 Å². The molecule has 2 aromatic rings. The lowest BCUT2D eigenvalue weighted by atomic mass is 10.0. The minimum atomic E-state index is 0. The number of hydrogen-bond acceptors (Lipinski definition) is 1. The maximum Gasteiger partial charge on any atom is -0.0226 e. The molecular weight excluding hydrogens is 292 g/mol. The maximum atomic E-state index is 2.91. The van der Waals surface area contributed by atoms with Crippen LogP contribution in [-0.4, -0.2) is 5.66 Å². The molecule has 21 heavy (non-hydrogen) atoms. The average Bonchev–Trinajstić information content (AvgIpc) is 2.51. The summed E-state index contributed by atoms with van der Waals surface area (Å²) >= 11 is 0. The van der Waals surface area contributed by atoms with Crippen LogP contribution in [-0.2, 0) is 0 Å². The highest BCUT2D eigenvalue weighted by atomic mass is 31.1. The van der Waals surface area contributed by atoms with Gasteiger partial charge in [0.05, 0.1) is 0 Å². The van der Waals surface area contributed by atoms with Crippen LogP contribution in [0.4, 0.5) is 0 Å². The van der Waals surface area contributed by atoms with Crippen LogP contribution < -0.4 is 16.8 Å². The van der Waals surface area contributed by atoms with Gasteiger partial charge in [0, 0.05) is 0 Å². The van der Waals surface area contributed by atoms with E-state index >= 15 is 0 Å². The van der Waals surface area contributed by atoms with E-state index in [9.17, 15) is 0 Å². The molecule has 3 rings (SSSR count). The summed E-state index contributed by atoms with van der Waals surface area (Å²) in [6.07, 6.45) is 7.31. The third kappa shape index (κ3) is 7.72. The fourth-order valence-corrected chi connectivity index (χ4v) is 3.87. The molecule has 1 saturated carbocycles. The Morgan fingerprint density at radius 1 is 0.714 bits per heavy atom. The van der Waals surface area contributed by atoms with Crippen molar-refractivity contribution in [2.45, 2.75) is 37.8 Å². The van der Waals surface area contributed by atoms with Crippen LogP contribution >= 0.6 is 17.8 Å². The molecule has 0 amide bonds. The lowest BCUT2D eigenvalue weighted by Crippen LogP contribution is -2.02. The molecule has 0 bridgehead atoms. The van der Waals surface area contributed by atoms with Crippen molar-refractivity contribution in [1.29, 1.82) is 0 Å². The topological polar surface area (TPSA) is 35.0 Å². The van der Waals surface area contributed by atoms with Gasteiger partial charge in [-0.3, -0.25) is 0 Å².